The smallest absolute Gasteiger partial charge is 0.309 e. The molecule has 0 spiro atoms. The fraction of sp³-hybridized carbons (Fsp3) is 0.375. The number of allylic oxidation sites excluding steroid dienone is 2. The Bertz CT molecular complexity index is 159. The van der Waals surface area contributed by atoms with E-state index in [0.29, 0.717) is 6.42 Å². The molecule has 0 fully saturated rings. The summed E-state index contributed by atoms with van der Waals surface area (Å²) in [7, 11) is 2.92. The van der Waals surface area contributed by atoms with Crippen LogP contribution in [0, 0.1) is 0 Å². The highest BCUT2D eigenvalue weighted by Gasteiger charge is 1.91. The molecular weight excluding hydrogens is 144 g/mol. The molecule has 0 bridgehead atoms. The van der Waals surface area contributed by atoms with Crippen molar-refractivity contribution in [2.75, 3.05) is 14.2 Å². The lowest BCUT2D eigenvalue weighted by molar-refractivity contribution is -0.139. The van der Waals surface area contributed by atoms with Crippen molar-refractivity contribution < 1.29 is 14.3 Å². The second-order valence-electron chi connectivity index (χ2n) is 1.77. The standard InChI is InChI=1S/C8H12O3/c1-10-7-5-3-4-6-8(9)11-2/h3-5,7H,6H2,1-2H3. The number of methoxy groups -OCH3 is 2. The van der Waals surface area contributed by atoms with Crippen LogP contribution in [0.25, 0.3) is 0 Å². The number of hydrogen-bond donors (Lipinski definition) is 0. The van der Waals surface area contributed by atoms with Crippen LogP contribution in [-0.2, 0) is 14.3 Å². The van der Waals surface area contributed by atoms with Crippen molar-refractivity contribution in [3.05, 3.63) is 24.5 Å². The maximum Gasteiger partial charge on any atom is 0.309 e. The Morgan fingerprint density at radius 1 is 1.36 bits per heavy atom. The minimum absolute atomic E-state index is 0.243. The van der Waals surface area contributed by atoms with E-state index < -0.39 is 0 Å². The number of ether oxygens (including phenoxy) is 2. The third-order valence-electron chi connectivity index (χ3n) is 0.974. The molecule has 0 heterocycles. The van der Waals surface area contributed by atoms with Gasteiger partial charge in [0.05, 0.1) is 26.9 Å². The molecule has 3 nitrogen and oxygen atoms in total. The summed E-state index contributed by atoms with van der Waals surface area (Å²) in [6, 6.07) is 0. The minimum atomic E-state index is -0.243. The van der Waals surface area contributed by atoms with Crippen molar-refractivity contribution in [1.82, 2.24) is 0 Å². The molecule has 0 saturated heterocycles. The summed E-state index contributed by atoms with van der Waals surface area (Å²) in [6.45, 7) is 0. The van der Waals surface area contributed by atoms with Gasteiger partial charge in [-0.15, -0.1) is 0 Å². The van der Waals surface area contributed by atoms with Gasteiger partial charge in [0.15, 0.2) is 0 Å². The van der Waals surface area contributed by atoms with Crippen molar-refractivity contribution in [1.29, 1.82) is 0 Å². The summed E-state index contributed by atoms with van der Waals surface area (Å²) in [4.78, 5) is 10.5. The van der Waals surface area contributed by atoms with Gasteiger partial charge in [-0.05, 0) is 6.08 Å². The maximum atomic E-state index is 10.5. The van der Waals surface area contributed by atoms with E-state index in [1.54, 1.807) is 25.3 Å². The molecule has 0 rings (SSSR count). The van der Waals surface area contributed by atoms with Crippen LogP contribution >= 0.6 is 0 Å². The molecule has 0 N–H and O–H groups in total. The summed E-state index contributed by atoms with van der Waals surface area (Å²) in [5.41, 5.74) is 0. The van der Waals surface area contributed by atoms with Crippen LogP contribution in [0.1, 0.15) is 6.42 Å². The van der Waals surface area contributed by atoms with Crippen molar-refractivity contribution in [2.45, 2.75) is 6.42 Å². The Kier molecular flexibility index (Phi) is 6.08. The first-order valence-corrected chi connectivity index (χ1v) is 3.22. The van der Waals surface area contributed by atoms with E-state index in [1.807, 2.05) is 0 Å². The second-order valence-corrected chi connectivity index (χ2v) is 1.77. The van der Waals surface area contributed by atoms with Gasteiger partial charge in [0.2, 0.25) is 0 Å². The van der Waals surface area contributed by atoms with Crippen LogP contribution in [0.2, 0.25) is 0 Å². The predicted molar refractivity (Wildman–Crippen MR) is 41.9 cm³/mol. The first kappa shape index (κ1) is 9.75. The van der Waals surface area contributed by atoms with Crippen LogP contribution in [0.4, 0.5) is 0 Å². The average Bonchev–Trinajstić information content (AvgIpc) is 2.04. The summed E-state index contributed by atoms with van der Waals surface area (Å²) in [5, 5.41) is 0. The lowest BCUT2D eigenvalue weighted by Gasteiger charge is -1.90. The molecule has 0 amide bonds. The first-order valence-electron chi connectivity index (χ1n) is 3.22. The molecule has 0 aliphatic rings. The highest BCUT2D eigenvalue weighted by molar-refractivity contribution is 5.70. The molecule has 0 radical (unpaired) electrons. The normalized spacial score (nSPS) is 10.7. The van der Waals surface area contributed by atoms with Crippen molar-refractivity contribution in [3.63, 3.8) is 0 Å². The van der Waals surface area contributed by atoms with Crippen molar-refractivity contribution >= 4 is 5.97 Å². The lowest BCUT2D eigenvalue weighted by Crippen LogP contribution is -1.96. The molecule has 0 unspecified atom stereocenters. The molecular formula is C8H12O3. The number of esters is 1. The van der Waals surface area contributed by atoms with Crippen molar-refractivity contribution in [2.24, 2.45) is 0 Å². The van der Waals surface area contributed by atoms with E-state index in [1.165, 1.54) is 13.4 Å². The Labute approximate surface area is 66.3 Å². The average molecular weight is 156 g/mol. The second kappa shape index (κ2) is 6.86. The lowest BCUT2D eigenvalue weighted by atomic mass is 10.4. The summed E-state index contributed by atoms with van der Waals surface area (Å²) in [5.74, 6) is -0.243. The quantitative estimate of drug-likeness (QED) is 0.349. The summed E-state index contributed by atoms with van der Waals surface area (Å²) >= 11 is 0. The summed E-state index contributed by atoms with van der Waals surface area (Å²) < 4.78 is 9.04. The van der Waals surface area contributed by atoms with E-state index in [2.05, 4.69) is 9.47 Å². The Hall–Kier alpha value is -1.25. The molecule has 0 aliphatic carbocycles. The molecule has 0 aromatic rings. The number of carbonyl (C=O) groups excluding carboxylic acids is 1. The molecule has 0 atom stereocenters. The third-order valence-corrected chi connectivity index (χ3v) is 0.974. The predicted octanol–water partition coefficient (Wildman–Crippen LogP) is 1.27. The van der Waals surface area contributed by atoms with Gasteiger partial charge in [0.1, 0.15) is 0 Å². The molecule has 0 aromatic carbocycles. The van der Waals surface area contributed by atoms with Gasteiger partial charge in [0.25, 0.3) is 0 Å². The van der Waals surface area contributed by atoms with Gasteiger partial charge < -0.3 is 9.47 Å². The highest BCUT2D eigenvalue weighted by atomic mass is 16.5. The van der Waals surface area contributed by atoms with Crippen molar-refractivity contribution in [3.8, 4) is 0 Å². The van der Waals surface area contributed by atoms with Gasteiger partial charge >= 0.3 is 5.97 Å². The van der Waals surface area contributed by atoms with E-state index >= 15 is 0 Å². The Balaban J connectivity index is 3.44. The monoisotopic (exact) mass is 156 g/mol. The summed E-state index contributed by atoms with van der Waals surface area (Å²) in [6.07, 6.45) is 6.93. The highest BCUT2D eigenvalue weighted by Crippen LogP contribution is 1.87. The molecule has 0 saturated carbocycles. The van der Waals surface area contributed by atoms with Gasteiger partial charge in [-0.3, -0.25) is 4.79 Å². The van der Waals surface area contributed by atoms with E-state index in [9.17, 15) is 4.79 Å². The van der Waals surface area contributed by atoms with Gasteiger partial charge in [-0.25, -0.2) is 0 Å². The number of carbonyl (C=O) groups is 1. The number of hydrogen-bond acceptors (Lipinski definition) is 3. The van der Waals surface area contributed by atoms with Crippen LogP contribution in [0.15, 0.2) is 24.5 Å². The minimum Gasteiger partial charge on any atom is -0.504 e. The van der Waals surface area contributed by atoms with Crippen LogP contribution in [0.3, 0.4) is 0 Å². The van der Waals surface area contributed by atoms with E-state index in [0.717, 1.165) is 0 Å². The van der Waals surface area contributed by atoms with Gasteiger partial charge in [-0.1, -0.05) is 12.2 Å². The zero-order chi connectivity index (χ0) is 8.53. The Morgan fingerprint density at radius 2 is 2.09 bits per heavy atom. The largest absolute Gasteiger partial charge is 0.504 e. The maximum absolute atomic E-state index is 10.5. The molecule has 3 heteroatoms. The van der Waals surface area contributed by atoms with Crippen LogP contribution in [0.5, 0.6) is 0 Å². The SMILES string of the molecule is COC=CC=CCC(=O)OC. The van der Waals surface area contributed by atoms with Crippen LogP contribution in [-0.4, -0.2) is 20.2 Å². The van der Waals surface area contributed by atoms with Gasteiger partial charge in [0, 0.05) is 0 Å². The third kappa shape index (κ3) is 6.64. The van der Waals surface area contributed by atoms with E-state index in [4.69, 9.17) is 0 Å². The topological polar surface area (TPSA) is 35.5 Å². The first-order chi connectivity index (χ1) is 5.31. The van der Waals surface area contributed by atoms with Crippen LogP contribution < -0.4 is 0 Å². The Morgan fingerprint density at radius 3 is 2.64 bits per heavy atom. The molecule has 11 heavy (non-hydrogen) atoms. The zero-order valence-electron chi connectivity index (χ0n) is 6.74. The molecule has 62 valence electrons. The fourth-order valence-electron chi connectivity index (χ4n) is 0.450. The molecule has 0 aliphatic heterocycles. The van der Waals surface area contributed by atoms with E-state index in [-0.39, 0.29) is 5.97 Å². The van der Waals surface area contributed by atoms with Gasteiger partial charge in [-0.2, -0.15) is 0 Å². The number of rotatable bonds is 4. The zero-order valence-corrected chi connectivity index (χ0v) is 6.74. The molecule has 0 aromatic heterocycles. The fourth-order valence-corrected chi connectivity index (χ4v) is 0.450.